The summed E-state index contributed by atoms with van der Waals surface area (Å²) in [7, 11) is 0. The Labute approximate surface area is 442 Å². The van der Waals surface area contributed by atoms with Crippen molar-refractivity contribution in [1.82, 2.24) is 4.57 Å². The SMILES string of the molecule is c1ccc(-c2ccccc2-c2ccccc2N(c2cc3c4c(c2)c2ccccc2n4-c2ccccc2C32c3ccccc3-c3ccccc32)c2cccc3c2-c2ccccc2C3(c2ccccc2)c2ccccc2)cc1. The molecule has 1 aliphatic heterocycles. The normalized spacial score (nSPS) is 13.7. The maximum absolute atomic E-state index is 2.63. The molecule has 1 spiro atoms. The van der Waals surface area contributed by atoms with Crippen molar-refractivity contribution in [2.75, 3.05) is 4.90 Å². The Morgan fingerprint density at radius 1 is 0.289 bits per heavy atom. The van der Waals surface area contributed by atoms with Gasteiger partial charge in [-0.25, -0.2) is 0 Å². The van der Waals surface area contributed by atoms with Crippen LogP contribution in [-0.4, -0.2) is 4.57 Å². The van der Waals surface area contributed by atoms with Crippen LogP contribution in [-0.2, 0) is 10.8 Å². The van der Waals surface area contributed by atoms with Crippen molar-refractivity contribution < 1.29 is 0 Å². The Hall–Kier alpha value is -9.76. The van der Waals surface area contributed by atoms with Crippen LogP contribution in [0.25, 0.3) is 72.0 Å². The van der Waals surface area contributed by atoms with Crippen LogP contribution in [0.3, 0.4) is 0 Å². The van der Waals surface area contributed by atoms with E-state index in [4.69, 9.17) is 0 Å². The summed E-state index contributed by atoms with van der Waals surface area (Å²) >= 11 is 0. The molecule has 0 saturated carbocycles. The number of anilines is 3. The van der Waals surface area contributed by atoms with E-state index in [-0.39, 0.29) is 0 Å². The number of nitrogens with zero attached hydrogens (tertiary/aromatic N) is 2. The maximum Gasteiger partial charge on any atom is 0.0755 e. The minimum absolute atomic E-state index is 0.593. The van der Waals surface area contributed by atoms with Gasteiger partial charge in [0.1, 0.15) is 0 Å². The lowest BCUT2D eigenvalue weighted by Crippen LogP contribution is -2.33. The van der Waals surface area contributed by atoms with E-state index in [9.17, 15) is 0 Å². The van der Waals surface area contributed by atoms with Crippen molar-refractivity contribution in [1.29, 1.82) is 0 Å². The number of hydrogen-bond acceptors (Lipinski definition) is 1. The molecule has 0 bridgehead atoms. The van der Waals surface area contributed by atoms with Crippen LogP contribution in [0.1, 0.15) is 44.5 Å². The molecular weight excluding hydrogens is 917 g/mol. The highest BCUT2D eigenvalue weighted by molar-refractivity contribution is 6.15. The second-order valence-corrected chi connectivity index (χ2v) is 20.6. The Bertz CT molecular complexity index is 4380. The third kappa shape index (κ3) is 5.65. The highest BCUT2D eigenvalue weighted by Crippen LogP contribution is 2.64. The maximum atomic E-state index is 2.63. The van der Waals surface area contributed by atoms with E-state index < -0.39 is 10.8 Å². The molecule has 76 heavy (non-hydrogen) atoms. The number of fused-ring (bicyclic) bond motifs is 15. The molecule has 1 aromatic heterocycles. The predicted octanol–water partition coefficient (Wildman–Crippen LogP) is 18.6. The zero-order valence-electron chi connectivity index (χ0n) is 41.6. The molecule has 2 nitrogen and oxygen atoms in total. The van der Waals surface area contributed by atoms with E-state index in [2.05, 4.69) is 301 Å². The largest absolute Gasteiger partial charge is 0.309 e. The highest BCUT2D eigenvalue weighted by Gasteiger charge is 2.52. The van der Waals surface area contributed by atoms with Crippen molar-refractivity contribution in [2.45, 2.75) is 10.8 Å². The van der Waals surface area contributed by atoms with Gasteiger partial charge in [-0.15, -0.1) is 0 Å². The zero-order chi connectivity index (χ0) is 50.0. The molecule has 16 rings (SSSR count). The second-order valence-electron chi connectivity index (χ2n) is 20.6. The first kappa shape index (κ1) is 42.7. The van der Waals surface area contributed by atoms with Gasteiger partial charge in [0.15, 0.2) is 0 Å². The van der Waals surface area contributed by atoms with Crippen LogP contribution in [0.4, 0.5) is 17.1 Å². The molecule has 2 heterocycles. The molecule has 0 saturated heterocycles. The molecule has 3 aliphatic rings. The molecule has 354 valence electrons. The molecule has 0 N–H and O–H groups in total. The lowest BCUT2D eigenvalue weighted by Gasteiger charge is -2.40. The lowest BCUT2D eigenvalue weighted by atomic mass is 9.65. The van der Waals surface area contributed by atoms with Crippen LogP contribution < -0.4 is 4.90 Å². The van der Waals surface area contributed by atoms with Crippen LogP contribution in [0.2, 0.25) is 0 Å². The summed E-state index contributed by atoms with van der Waals surface area (Å²) in [5, 5.41) is 2.45. The first-order valence-electron chi connectivity index (χ1n) is 26.5. The van der Waals surface area contributed by atoms with Crippen molar-refractivity contribution in [3.8, 4) is 50.2 Å². The summed E-state index contributed by atoms with van der Waals surface area (Å²) in [5.41, 5.74) is 25.7. The summed E-state index contributed by atoms with van der Waals surface area (Å²) in [5.74, 6) is 0. The van der Waals surface area contributed by atoms with Crippen molar-refractivity contribution in [3.05, 3.63) is 336 Å². The number of hydrogen-bond donors (Lipinski definition) is 0. The van der Waals surface area contributed by atoms with Gasteiger partial charge in [-0.1, -0.05) is 255 Å². The highest BCUT2D eigenvalue weighted by atomic mass is 15.2. The predicted molar refractivity (Wildman–Crippen MR) is 315 cm³/mol. The first-order valence-corrected chi connectivity index (χ1v) is 26.5. The quantitative estimate of drug-likeness (QED) is 0.155. The van der Waals surface area contributed by atoms with E-state index >= 15 is 0 Å². The number of benzene rings is 12. The topological polar surface area (TPSA) is 8.17 Å². The Morgan fingerprint density at radius 2 is 0.776 bits per heavy atom. The summed E-state index contributed by atoms with van der Waals surface area (Å²) in [6.07, 6.45) is 0. The van der Waals surface area contributed by atoms with E-state index in [1.807, 2.05) is 0 Å². The number of para-hydroxylation sites is 3. The molecule has 0 radical (unpaired) electrons. The van der Waals surface area contributed by atoms with Gasteiger partial charge in [-0.05, 0) is 114 Å². The van der Waals surface area contributed by atoms with Crippen molar-refractivity contribution in [3.63, 3.8) is 0 Å². The van der Waals surface area contributed by atoms with Gasteiger partial charge in [0.05, 0.1) is 38.9 Å². The number of aromatic nitrogens is 1. The molecule has 0 amide bonds. The molecule has 0 atom stereocenters. The van der Waals surface area contributed by atoms with E-state index in [0.29, 0.717) is 0 Å². The summed E-state index contributed by atoms with van der Waals surface area (Å²) in [4.78, 5) is 2.63. The van der Waals surface area contributed by atoms with Gasteiger partial charge in [0.25, 0.3) is 0 Å². The average molecular weight is 965 g/mol. The molecular formula is C74H48N2. The summed E-state index contributed by atoms with van der Waals surface area (Å²) in [6.45, 7) is 0. The molecule has 2 heteroatoms. The van der Waals surface area contributed by atoms with Crippen molar-refractivity contribution >= 4 is 38.9 Å². The first-order chi connectivity index (χ1) is 37.8. The van der Waals surface area contributed by atoms with Gasteiger partial charge in [-0.2, -0.15) is 0 Å². The minimum Gasteiger partial charge on any atom is -0.309 e. The third-order valence-electron chi connectivity index (χ3n) is 17.1. The van der Waals surface area contributed by atoms with Gasteiger partial charge in [0, 0.05) is 27.6 Å². The third-order valence-corrected chi connectivity index (χ3v) is 17.1. The van der Waals surface area contributed by atoms with Gasteiger partial charge >= 0.3 is 0 Å². The Balaban J connectivity index is 1.08. The van der Waals surface area contributed by atoms with E-state index in [1.165, 1.54) is 111 Å². The van der Waals surface area contributed by atoms with Crippen LogP contribution in [0.15, 0.2) is 291 Å². The van der Waals surface area contributed by atoms with Crippen LogP contribution >= 0.6 is 0 Å². The Kier molecular flexibility index (Phi) is 9.20. The second kappa shape index (κ2) is 16.4. The fourth-order valence-corrected chi connectivity index (χ4v) is 14.2. The van der Waals surface area contributed by atoms with Gasteiger partial charge in [-0.3, -0.25) is 0 Å². The summed E-state index contributed by atoms with van der Waals surface area (Å²) < 4.78 is 2.56. The van der Waals surface area contributed by atoms with Crippen molar-refractivity contribution in [2.24, 2.45) is 0 Å². The van der Waals surface area contributed by atoms with E-state index in [1.54, 1.807) is 0 Å². The molecule has 2 aliphatic carbocycles. The fourth-order valence-electron chi connectivity index (χ4n) is 14.2. The average Bonchev–Trinajstić information content (AvgIpc) is 4.23. The minimum atomic E-state index is -0.630. The van der Waals surface area contributed by atoms with Gasteiger partial charge < -0.3 is 9.47 Å². The monoisotopic (exact) mass is 964 g/mol. The van der Waals surface area contributed by atoms with Crippen LogP contribution in [0.5, 0.6) is 0 Å². The van der Waals surface area contributed by atoms with E-state index in [0.717, 1.165) is 22.6 Å². The lowest BCUT2D eigenvalue weighted by molar-refractivity contribution is 0.748. The standard InChI is InChI=1S/C74H48N2/c1-4-25-49(26-5-1)53-31-10-11-32-54(53)57-35-15-21-43-67(57)75(70-46-24-42-65-71(70)59-37-14-19-40-63(59)73(65,50-27-6-2-7-28-50)51-29-8-3-9-30-51)52-47-60-58-36-16-22-44-68(58)76-69-45-23-20-41-64(69)74(66(48-52)72(60)76)61-38-17-12-33-55(61)56-34-13-18-39-62(56)74/h1-48H. The Morgan fingerprint density at radius 3 is 1.46 bits per heavy atom. The molecule has 0 fully saturated rings. The summed E-state index contributed by atoms with van der Waals surface area (Å²) in [6, 6.07) is 109. The van der Waals surface area contributed by atoms with Gasteiger partial charge in [0.2, 0.25) is 0 Å². The molecule has 13 aromatic rings. The number of rotatable bonds is 7. The van der Waals surface area contributed by atoms with Crippen LogP contribution in [0, 0.1) is 0 Å². The molecule has 0 unspecified atom stereocenters. The molecule has 12 aromatic carbocycles. The zero-order valence-corrected chi connectivity index (χ0v) is 41.6. The smallest absolute Gasteiger partial charge is 0.0755 e. The fraction of sp³-hybridized carbons (Fsp3) is 0.0270.